The molecule has 2 N–H and O–H groups in total. The van der Waals surface area contributed by atoms with Gasteiger partial charge in [0.15, 0.2) is 5.96 Å². The van der Waals surface area contributed by atoms with Crippen molar-refractivity contribution in [2.75, 3.05) is 39.3 Å². The van der Waals surface area contributed by atoms with Crippen LogP contribution >= 0.6 is 0 Å². The van der Waals surface area contributed by atoms with Gasteiger partial charge in [0.1, 0.15) is 0 Å². The highest BCUT2D eigenvalue weighted by molar-refractivity contribution is 5.78. The highest BCUT2D eigenvalue weighted by Crippen LogP contribution is 2.09. The van der Waals surface area contributed by atoms with E-state index in [0.29, 0.717) is 0 Å². The Kier molecular flexibility index (Phi) is 7.81. The first-order valence-electron chi connectivity index (χ1n) is 7.55. The zero-order chi connectivity index (χ0) is 13.2. The molecule has 1 fully saturated rings. The van der Waals surface area contributed by atoms with Crippen molar-refractivity contribution in [1.29, 1.82) is 0 Å². The van der Waals surface area contributed by atoms with E-state index in [1.807, 2.05) is 0 Å². The standard InChI is InChI=1S/C14H30N4/c1-3-17(4-2)11-9-10-16-14(15)18-12-7-5-6-8-13-18/h3-13H2,1-2H3,(H2,15,16). The Hall–Kier alpha value is -0.770. The molecule has 18 heavy (non-hydrogen) atoms. The fraction of sp³-hybridized carbons (Fsp3) is 0.929. The molecule has 0 spiro atoms. The predicted molar refractivity (Wildman–Crippen MR) is 78.9 cm³/mol. The average Bonchev–Trinajstić information content (AvgIpc) is 2.67. The van der Waals surface area contributed by atoms with Gasteiger partial charge in [0, 0.05) is 19.6 Å². The molecule has 0 aliphatic carbocycles. The molecule has 0 aromatic carbocycles. The summed E-state index contributed by atoms with van der Waals surface area (Å²) in [7, 11) is 0. The second-order valence-corrected chi connectivity index (χ2v) is 5.02. The van der Waals surface area contributed by atoms with Gasteiger partial charge in [-0.15, -0.1) is 0 Å². The molecule has 4 heteroatoms. The number of nitrogens with zero attached hydrogens (tertiary/aromatic N) is 3. The normalized spacial score (nSPS) is 18.2. The van der Waals surface area contributed by atoms with E-state index in [0.717, 1.165) is 51.6 Å². The molecule has 1 aliphatic heterocycles. The van der Waals surface area contributed by atoms with Crippen molar-refractivity contribution in [3.05, 3.63) is 0 Å². The van der Waals surface area contributed by atoms with Crippen molar-refractivity contribution >= 4 is 5.96 Å². The Balaban J connectivity index is 2.23. The molecule has 106 valence electrons. The SMILES string of the molecule is CCN(CC)CCCN=C(N)N1CCCCCC1. The van der Waals surface area contributed by atoms with Crippen molar-refractivity contribution in [3.63, 3.8) is 0 Å². The monoisotopic (exact) mass is 254 g/mol. The first-order chi connectivity index (χ1) is 8.77. The Morgan fingerprint density at radius 1 is 1.11 bits per heavy atom. The van der Waals surface area contributed by atoms with Crippen LogP contribution in [0.5, 0.6) is 0 Å². The van der Waals surface area contributed by atoms with Gasteiger partial charge >= 0.3 is 0 Å². The van der Waals surface area contributed by atoms with Crippen molar-refractivity contribution in [1.82, 2.24) is 9.80 Å². The summed E-state index contributed by atoms with van der Waals surface area (Å²) in [5, 5.41) is 0. The van der Waals surface area contributed by atoms with Gasteiger partial charge in [-0.25, -0.2) is 0 Å². The minimum atomic E-state index is 0.761. The van der Waals surface area contributed by atoms with Crippen LogP contribution in [0.25, 0.3) is 0 Å². The largest absolute Gasteiger partial charge is 0.370 e. The maximum atomic E-state index is 6.06. The van der Waals surface area contributed by atoms with E-state index in [2.05, 4.69) is 28.6 Å². The third kappa shape index (κ3) is 5.71. The van der Waals surface area contributed by atoms with Gasteiger partial charge in [0.05, 0.1) is 0 Å². The van der Waals surface area contributed by atoms with E-state index < -0.39 is 0 Å². The van der Waals surface area contributed by atoms with Crippen LogP contribution in [-0.4, -0.2) is 55.0 Å². The second kappa shape index (κ2) is 9.20. The molecule has 0 bridgehead atoms. The molecule has 0 amide bonds. The highest BCUT2D eigenvalue weighted by Gasteiger charge is 2.10. The molecule has 1 aliphatic rings. The molecule has 0 aromatic rings. The summed E-state index contributed by atoms with van der Waals surface area (Å²) in [6, 6.07) is 0. The molecule has 0 atom stereocenters. The van der Waals surface area contributed by atoms with Crippen LogP contribution in [0.4, 0.5) is 0 Å². The molecule has 0 unspecified atom stereocenters. The lowest BCUT2D eigenvalue weighted by molar-refractivity contribution is 0.301. The molecule has 4 nitrogen and oxygen atoms in total. The fourth-order valence-corrected chi connectivity index (χ4v) is 2.43. The van der Waals surface area contributed by atoms with Crippen LogP contribution in [0.3, 0.4) is 0 Å². The number of guanidine groups is 1. The van der Waals surface area contributed by atoms with Crippen LogP contribution in [0, 0.1) is 0 Å². The van der Waals surface area contributed by atoms with Crippen LogP contribution in [-0.2, 0) is 0 Å². The predicted octanol–water partition coefficient (Wildman–Crippen LogP) is 1.91. The molecule has 1 saturated heterocycles. The molecule has 0 radical (unpaired) electrons. The van der Waals surface area contributed by atoms with Crippen LogP contribution in [0.2, 0.25) is 0 Å². The molecular weight excluding hydrogens is 224 g/mol. The van der Waals surface area contributed by atoms with Gasteiger partial charge in [-0.05, 0) is 38.9 Å². The van der Waals surface area contributed by atoms with E-state index in [1.54, 1.807) is 0 Å². The molecule has 1 rings (SSSR count). The molecule has 0 saturated carbocycles. The summed E-state index contributed by atoms with van der Waals surface area (Å²) < 4.78 is 0. The molecular formula is C14H30N4. The third-order valence-corrected chi connectivity index (χ3v) is 3.73. The van der Waals surface area contributed by atoms with Gasteiger partial charge in [-0.3, -0.25) is 4.99 Å². The van der Waals surface area contributed by atoms with Crippen molar-refractivity contribution in [2.24, 2.45) is 10.7 Å². The lowest BCUT2D eigenvalue weighted by Gasteiger charge is -2.21. The lowest BCUT2D eigenvalue weighted by atomic mass is 10.2. The Morgan fingerprint density at radius 3 is 2.28 bits per heavy atom. The summed E-state index contributed by atoms with van der Waals surface area (Å²) in [5.74, 6) is 0.761. The number of hydrogen-bond donors (Lipinski definition) is 1. The van der Waals surface area contributed by atoms with E-state index in [1.165, 1.54) is 25.7 Å². The maximum Gasteiger partial charge on any atom is 0.191 e. The maximum absolute atomic E-state index is 6.06. The van der Waals surface area contributed by atoms with E-state index in [-0.39, 0.29) is 0 Å². The van der Waals surface area contributed by atoms with Crippen LogP contribution in [0.1, 0.15) is 46.0 Å². The zero-order valence-corrected chi connectivity index (χ0v) is 12.2. The minimum Gasteiger partial charge on any atom is -0.370 e. The topological polar surface area (TPSA) is 44.9 Å². The van der Waals surface area contributed by atoms with Crippen LogP contribution in [0.15, 0.2) is 4.99 Å². The average molecular weight is 254 g/mol. The van der Waals surface area contributed by atoms with E-state index in [9.17, 15) is 0 Å². The van der Waals surface area contributed by atoms with Gasteiger partial charge in [0.2, 0.25) is 0 Å². The summed E-state index contributed by atoms with van der Waals surface area (Å²) in [6.07, 6.45) is 6.30. The smallest absolute Gasteiger partial charge is 0.191 e. The number of rotatable bonds is 6. The summed E-state index contributed by atoms with van der Waals surface area (Å²) >= 11 is 0. The first-order valence-corrected chi connectivity index (χ1v) is 7.55. The zero-order valence-electron chi connectivity index (χ0n) is 12.2. The number of aliphatic imine (C=N–C) groups is 1. The number of nitrogens with two attached hydrogens (primary N) is 1. The minimum absolute atomic E-state index is 0.761. The van der Waals surface area contributed by atoms with Crippen molar-refractivity contribution in [2.45, 2.75) is 46.0 Å². The summed E-state index contributed by atoms with van der Waals surface area (Å²) in [6.45, 7) is 10.8. The Labute approximate surface area is 112 Å². The summed E-state index contributed by atoms with van der Waals surface area (Å²) in [5.41, 5.74) is 6.06. The molecule has 0 aromatic heterocycles. The number of likely N-dealkylation sites (tertiary alicyclic amines) is 1. The Bertz CT molecular complexity index is 228. The van der Waals surface area contributed by atoms with Crippen LogP contribution < -0.4 is 5.73 Å². The van der Waals surface area contributed by atoms with Gasteiger partial charge < -0.3 is 15.5 Å². The summed E-state index contributed by atoms with van der Waals surface area (Å²) in [4.78, 5) is 9.21. The first kappa shape index (κ1) is 15.3. The van der Waals surface area contributed by atoms with E-state index >= 15 is 0 Å². The lowest BCUT2D eigenvalue weighted by Crippen LogP contribution is -2.38. The second-order valence-electron chi connectivity index (χ2n) is 5.02. The van der Waals surface area contributed by atoms with Crippen molar-refractivity contribution in [3.8, 4) is 0 Å². The Morgan fingerprint density at radius 2 is 1.72 bits per heavy atom. The van der Waals surface area contributed by atoms with Gasteiger partial charge in [-0.1, -0.05) is 26.7 Å². The number of hydrogen-bond acceptors (Lipinski definition) is 2. The van der Waals surface area contributed by atoms with Gasteiger partial charge in [0.25, 0.3) is 0 Å². The highest BCUT2D eigenvalue weighted by atomic mass is 15.2. The van der Waals surface area contributed by atoms with Gasteiger partial charge in [-0.2, -0.15) is 0 Å². The molecule has 1 heterocycles. The van der Waals surface area contributed by atoms with Crippen molar-refractivity contribution < 1.29 is 0 Å². The fourth-order valence-electron chi connectivity index (χ4n) is 2.43. The quantitative estimate of drug-likeness (QED) is 0.447. The van der Waals surface area contributed by atoms with E-state index in [4.69, 9.17) is 5.73 Å². The third-order valence-electron chi connectivity index (χ3n) is 3.73.